The molecule has 0 radical (unpaired) electrons. The van der Waals surface area contributed by atoms with E-state index in [1.54, 1.807) is 6.07 Å². The van der Waals surface area contributed by atoms with Crippen molar-refractivity contribution in [2.75, 3.05) is 12.4 Å². The minimum Gasteiger partial charge on any atom is -0.446 e. The molecule has 0 amide bonds. The van der Waals surface area contributed by atoms with E-state index in [9.17, 15) is 8.42 Å². The summed E-state index contributed by atoms with van der Waals surface area (Å²) in [4.78, 5) is 0. The molecule has 0 aliphatic heterocycles. The van der Waals surface area contributed by atoms with Crippen LogP contribution in [-0.4, -0.2) is 15.5 Å². The molecule has 1 aromatic carbocycles. The fourth-order valence-electron chi connectivity index (χ4n) is 1.51. The second-order valence-corrected chi connectivity index (χ2v) is 7.49. The molecule has 8 heteroatoms. The molecular weight excluding hydrogens is 412 g/mol. The zero-order valence-corrected chi connectivity index (χ0v) is 14.5. The predicted molar refractivity (Wildman–Crippen MR) is 84.1 cm³/mol. The summed E-state index contributed by atoms with van der Waals surface area (Å²) in [7, 11) is -2.19. The maximum absolute atomic E-state index is 11.5. The Morgan fingerprint density at radius 2 is 1.95 bits per heavy atom. The highest BCUT2D eigenvalue weighted by Crippen LogP contribution is 2.26. The molecule has 1 heterocycles. The molecule has 20 heavy (non-hydrogen) atoms. The van der Waals surface area contributed by atoms with Crippen LogP contribution in [0.4, 0.5) is 5.69 Å². The molecular formula is C12H12Br2N2O3S. The van der Waals surface area contributed by atoms with Crippen LogP contribution in [0.2, 0.25) is 0 Å². The summed E-state index contributed by atoms with van der Waals surface area (Å²) < 4.78 is 32.4. The van der Waals surface area contributed by atoms with Gasteiger partial charge in [-0.25, -0.2) is 13.1 Å². The highest BCUT2D eigenvalue weighted by atomic mass is 79.9. The van der Waals surface area contributed by atoms with E-state index in [0.29, 0.717) is 12.3 Å². The van der Waals surface area contributed by atoms with E-state index in [4.69, 9.17) is 4.42 Å². The van der Waals surface area contributed by atoms with Crippen LogP contribution < -0.4 is 10.0 Å². The summed E-state index contributed by atoms with van der Waals surface area (Å²) >= 11 is 6.82. The van der Waals surface area contributed by atoms with Crippen molar-refractivity contribution in [1.29, 1.82) is 0 Å². The van der Waals surface area contributed by atoms with Gasteiger partial charge in [0, 0.05) is 14.6 Å². The van der Waals surface area contributed by atoms with Crippen LogP contribution in [0.3, 0.4) is 0 Å². The second-order valence-electron chi connectivity index (χ2n) is 3.91. The van der Waals surface area contributed by atoms with Crippen LogP contribution in [0.5, 0.6) is 0 Å². The number of halogens is 2. The first-order valence-electron chi connectivity index (χ1n) is 5.63. The van der Waals surface area contributed by atoms with Gasteiger partial charge in [0.05, 0.1) is 6.54 Å². The van der Waals surface area contributed by atoms with Crippen molar-refractivity contribution < 1.29 is 12.8 Å². The highest BCUT2D eigenvalue weighted by molar-refractivity contribution is 9.11. The Labute approximate surface area is 134 Å². The summed E-state index contributed by atoms with van der Waals surface area (Å²) in [5.74, 6) is 0.536. The third kappa shape index (κ3) is 3.63. The first kappa shape index (κ1) is 15.6. The minimum absolute atomic E-state index is 0.0910. The summed E-state index contributed by atoms with van der Waals surface area (Å²) in [6.45, 7) is 0.388. The zero-order valence-electron chi connectivity index (χ0n) is 10.5. The van der Waals surface area contributed by atoms with E-state index in [-0.39, 0.29) is 5.09 Å². The van der Waals surface area contributed by atoms with Gasteiger partial charge in [-0.05, 0) is 53.3 Å². The van der Waals surface area contributed by atoms with Crippen molar-refractivity contribution in [2.24, 2.45) is 0 Å². The van der Waals surface area contributed by atoms with Gasteiger partial charge in [0.1, 0.15) is 5.76 Å². The molecule has 1 aromatic heterocycles. The largest absolute Gasteiger partial charge is 0.446 e. The van der Waals surface area contributed by atoms with Crippen molar-refractivity contribution in [1.82, 2.24) is 4.72 Å². The monoisotopic (exact) mass is 422 g/mol. The van der Waals surface area contributed by atoms with Gasteiger partial charge in [-0.3, -0.25) is 0 Å². The maximum atomic E-state index is 11.5. The third-order valence-electron chi connectivity index (χ3n) is 2.55. The van der Waals surface area contributed by atoms with Crippen LogP contribution in [0.25, 0.3) is 0 Å². The van der Waals surface area contributed by atoms with Crippen molar-refractivity contribution in [2.45, 2.75) is 11.6 Å². The number of sulfonamides is 1. The van der Waals surface area contributed by atoms with Gasteiger partial charge in [-0.1, -0.05) is 15.9 Å². The minimum atomic E-state index is -3.53. The van der Waals surface area contributed by atoms with E-state index >= 15 is 0 Å². The SMILES string of the molecule is CNS(=O)(=O)c1ccc(CNc2ccc(Br)cc2Br)o1. The van der Waals surface area contributed by atoms with Gasteiger partial charge >= 0.3 is 0 Å². The fourth-order valence-corrected chi connectivity index (χ4v) is 3.37. The normalized spacial score (nSPS) is 11.6. The first-order chi connectivity index (χ1) is 9.42. The van der Waals surface area contributed by atoms with Crippen LogP contribution in [-0.2, 0) is 16.6 Å². The Hall–Kier alpha value is -0.830. The quantitative estimate of drug-likeness (QED) is 0.773. The summed E-state index contributed by atoms with van der Waals surface area (Å²) in [5, 5.41) is 3.07. The Morgan fingerprint density at radius 3 is 2.60 bits per heavy atom. The van der Waals surface area contributed by atoms with Crippen LogP contribution in [0, 0.1) is 0 Å². The van der Waals surface area contributed by atoms with Crippen molar-refractivity contribution in [3.8, 4) is 0 Å². The van der Waals surface area contributed by atoms with Crippen LogP contribution in [0.15, 0.2) is 48.8 Å². The maximum Gasteiger partial charge on any atom is 0.273 e. The molecule has 2 aromatic rings. The third-order valence-corrected chi connectivity index (χ3v) is 4.99. The number of rotatable bonds is 5. The Kier molecular flexibility index (Phi) is 4.90. The van der Waals surface area contributed by atoms with E-state index in [0.717, 1.165) is 14.6 Å². The predicted octanol–water partition coefficient (Wildman–Crippen LogP) is 3.32. The van der Waals surface area contributed by atoms with Gasteiger partial charge in [0.2, 0.25) is 5.09 Å². The number of benzene rings is 1. The Balaban J connectivity index is 2.08. The number of hydrogen-bond acceptors (Lipinski definition) is 4. The molecule has 0 atom stereocenters. The first-order valence-corrected chi connectivity index (χ1v) is 8.70. The summed E-state index contributed by atoms with van der Waals surface area (Å²) in [6.07, 6.45) is 0. The van der Waals surface area contributed by atoms with Crippen molar-refractivity contribution >= 4 is 47.6 Å². The van der Waals surface area contributed by atoms with Gasteiger partial charge in [-0.15, -0.1) is 0 Å². The molecule has 108 valence electrons. The highest BCUT2D eigenvalue weighted by Gasteiger charge is 2.16. The molecule has 0 aliphatic carbocycles. The number of hydrogen-bond donors (Lipinski definition) is 2. The Morgan fingerprint density at radius 1 is 1.20 bits per heavy atom. The molecule has 0 fully saturated rings. The molecule has 5 nitrogen and oxygen atoms in total. The number of anilines is 1. The lowest BCUT2D eigenvalue weighted by atomic mass is 10.3. The summed E-state index contributed by atoms with van der Waals surface area (Å²) in [5.41, 5.74) is 0.891. The van der Waals surface area contributed by atoms with Gasteiger partial charge in [-0.2, -0.15) is 0 Å². The van der Waals surface area contributed by atoms with E-state index < -0.39 is 10.0 Å². The lowest BCUT2D eigenvalue weighted by molar-refractivity contribution is 0.417. The van der Waals surface area contributed by atoms with E-state index in [1.165, 1.54) is 13.1 Å². The second kappa shape index (κ2) is 6.30. The Bertz CT molecular complexity index is 713. The smallest absolute Gasteiger partial charge is 0.273 e. The van der Waals surface area contributed by atoms with E-state index in [2.05, 4.69) is 41.9 Å². The molecule has 2 rings (SSSR count). The van der Waals surface area contributed by atoms with Gasteiger partial charge < -0.3 is 9.73 Å². The molecule has 0 aliphatic rings. The molecule has 0 saturated carbocycles. The van der Waals surface area contributed by atoms with Crippen LogP contribution in [0.1, 0.15) is 5.76 Å². The number of furan rings is 1. The lowest BCUT2D eigenvalue weighted by Gasteiger charge is -2.07. The lowest BCUT2D eigenvalue weighted by Crippen LogP contribution is -2.17. The molecule has 0 spiro atoms. The topological polar surface area (TPSA) is 71.3 Å². The fraction of sp³-hybridized carbons (Fsp3) is 0.167. The van der Waals surface area contributed by atoms with Crippen molar-refractivity contribution in [3.05, 3.63) is 45.0 Å². The van der Waals surface area contributed by atoms with Gasteiger partial charge in [0.15, 0.2) is 0 Å². The van der Waals surface area contributed by atoms with E-state index in [1.807, 2.05) is 18.2 Å². The van der Waals surface area contributed by atoms with Crippen LogP contribution >= 0.6 is 31.9 Å². The number of nitrogens with one attached hydrogen (secondary N) is 2. The standard InChI is InChI=1S/C12H12Br2N2O3S/c1-15-20(17,18)12-5-3-9(19-12)7-16-11-4-2-8(13)6-10(11)14/h2-6,15-16H,7H2,1H3. The molecule has 2 N–H and O–H groups in total. The average Bonchev–Trinajstić information content (AvgIpc) is 2.87. The molecule has 0 bridgehead atoms. The molecule has 0 saturated heterocycles. The summed E-state index contributed by atoms with van der Waals surface area (Å²) in [6, 6.07) is 8.79. The van der Waals surface area contributed by atoms with Crippen molar-refractivity contribution in [3.63, 3.8) is 0 Å². The molecule has 0 unspecified atom stereocenters. The average molecular weight is 424 g/mol. The zero-order chi connectivity index (χ0) is 14.8. The van der Waals surface area contributed by atoms with Gasteiger partial charge in [0.25, 0.3) is 10.0 Å².